The van der Waals surface area contributed by atoms with Gasteiger partial charge >= 0.3 is 0 Å². The Labute approximate surface area is 125 Å². The maximum atomic E-state index is 10.8. The number of hydrogen-bond acceptors (Lipinski definition) is 4. The maximum absolute atomic E-state index is 10.8. The molecule has 21 heavy (non-hydrogen) atoms. The first-order valence-corrected chi connectivity index (χ1v) is 7.44. The molecule has 1 N–H and O–H groups in total. The fourth-order valence-corrected chi connectivity index (χ4v) is 2.97. The van der Waals surface area contributed by atoms with Gasteiger partial charge in [-0.15, -0.1) is 0 Å². The second kappa shape index (κ2) is 5.72. The minimum Gasteiger partial charge on any atom is -0.386 e. The van der Waals surface area contributed by atoms with E-state index >= 15 is 0 Å². The van der Waals surface area contributed by atoms with Gasteiger partial charge in [0.15, 0.2) is 0 Å². The summed E-state index contributed by atoms with van der Waals surface area (Å²) in [5.74, 6) is 0. The Morgan fingerprint density at radius 2 is 2.00 bits per heavy atom. The molecule has 0 aliphatic carbocycles. The normalized spacial score (nSPS) is 18.8. The van der Waals surface area contributed by atoms with Crippen LogP contribution < -0.4 is 0 Å². The van der Waals surface area contributed by atoms with Gasteiger partial charge in [0.2, 0.25) is 0 Å². The van der Waals surface area contributed by atoms with Crippen LogP contribution in [-0.4, -0.2) is 46.8 Å². The van der Waals surface area contributed by atoms with E-state index in [1.54, 1.807) is 6.20 Å². The lowest BCUT2D eigenvalue weighted by Crippen LogP contribution is -2.53. The average Bonchev–Trinajstić information content (AvgIpc) is 2.54. The van der Waals surface area contributed by atoms with Gasteiger partial charge in [-0.2, -0.15) is 0 Å². The van der Waals surface area contributed by atoms with E-state index in [4.69, 9.17) is 4.74 Å². The molecule has 3 rings (SSSR count). The van der Waals surface area contributed by atoms with Crippen molar-refractivity contribution in [2.75, 3.05) is 26.3 Å². The maximum Gasteiger partial charge on any atom is 0.0969 e. The first-order chi connectivity index (χ1) is 10.1. The second-order valence-electron chi connectivity index (χ2n) is 6.11. The smallest absolute Gasteiger partial charge is 0.0969 e. The van der Waals surface area contributed by atoms with E-state index in [1.165, 1.54) is 0 Å². The third-order valence-corrected chi connectivity index (χ3v) is 4.44. The van der Waals surface area contributed by atoms with Crippen molar-refractivity contribution in [2.24, 2.45) is 0 Å². The highest BCUT2D eigenvalue weighted by Gasteiger charge is 2.36. The predicted octanol–water partition coefficient (Wildman–Crippen LogP) is 2.38. The number of rotatable bonds is 3. The van der Waals surface area contributed by atoms with Crippen molar-refractivity contribution >= 4 is 10.9 Å². The highest BCUT2D eigenvalue weighted by Crippen LogP contribution is 2.32. The molecular formula is C17H22N2O2. The number of benzene rings is 1. The molecule has 1 aliphatic heterocycles. The van der Waals surface area contributed by atoms with Gasteiger partial charge in [0.25, 0.3) is 0 Å². The van der Waals surface area contributed by atoms with Crippen LogP contribution in [-0.2, 0) is 4.74 Å². The molecule has 0 radical (unpaired) electrons. The number of pyridine rings is 1. The molecule has 1 unspecified atom stereocenters. The molecule has 1 aromatic heterocycles. The van der Waals surface area contributed by atoms with Gasteiger partial charge in [-0.1, -0.05) is 18.2 Å². The summed E-state index contributed by atoms with van der Waals surface area (Å²) in [6, 6.07) is 9.97. The summed E-state index contributed by atoms with van der Waals surface area (Å²) >= 11 is 0. The molecule has 2 aromatic rings. The second-order valence-corrected chi connectivity index (χ2v) is 6.11. The molecule has 2 heterocycles. The van der Waals surface area contributed by atoms with Crippen LogP contribution in [0.2, 0.25) is 0 Å². The van der Waals surface area contributed by atoms with Crippen LogP contribution in [0.25, 0.3) is 10.9 Å². The Morgan fingerprint density at radius 1 is 1.24 bits per heavy atom. The quantitative estimate of drug-likeness (QED) is 0.941. The van der Waals surface area contributed by atoms with Crippen LogP contribution in [0, 0.1) is 0 Å². The molecule has 0 spiro atoms. The zero-order valence-electron chi connectivity index (χ0n) is 12.6. The van der Waals surface area contributed by atoms with Crippen molar-refractivity contribution in [2.45, 2.75) is 25.5 Å². The van der Waals surface area contributed by atoms with E-state index in [1.807, 2.05) is 30.3 Å². The third-order valence-electron chi connectivity index (χ3n) is 4.44. The van der Waals surface area contributed by atoms with Crippen LogP contribution in [0.3, 0.4) is 0 Å². The summed E-state index contributed by atoms with van der Waals surface area (Å²) in [7, 11) is 0. The van der Waals surface area contributed by atoms with Crippen LogP contribution in [0.5, 0.6) is 0 Å². The van der Waals surface area contributed by atoms with Gasteiger partial charge in [0.05, 0.1) is 24.8 Å². The lowest BCUT2D eigenvalue weighted by Gasteiger charge is -2.43. The first-order valence-electron chi connectivity index (χ1n) is 7.44. The fourth-order valence-electron chi connectivity index (χ4n) is 2.97. The molecule has 0 amide bonds. The van der Waals surface area contributed by atoms with E-state index < -0.39 is 6.10 Å². The van der Waals surface area contributed by atoms with Gasteiger partial charge in [0, 0.05) is 30.2 Å². The summed E-state index contributed by atoms with van der Waals surface area (Å²) in [5.41, 5.74) is 1.51. The SMILES string of the molecule is CC(C)(C(O)c1ccc2cccnc2c1)N1CCOCC1. The van der Waals surface area contributed by atoms with Crippen molar-refractivity contribution in [1.29, 1.82) is 0 Å². The largest absolute Gasteiger partial charge is 0.386 e. The number of aliphatic hydroxyl groups is 1. The Morgan fingerprint density at radius 3 is 2.76 bits per heavy atom. The third kappa shape index (κ3) is 2.79. The number of morpholine rings is 1. The monoisotopic (exact) mass is 286 g/mol. The van der Waals surface area contributed by atoms with E-state index in [9.17, 15) is 5.11 Å². The van der Waals surface area contributed by atoms with Crippen LogP contribution >= 0.6 is 0 Å². The van der Waals surface area contributed by atoms with Crippen molar-refractivity contribution in [3.8, 4) is 0 Å². The summed E-state index contributed by atoms with van der Waals surface area (Å²) < 4.78 is 5.40. The summed E-state index contributed by atoms with van der Waals surface area (Å²) in [5, 5.41) is 11.9. The molecule has 4 nitrogen and oxygen atoms in total. The Balaban J connectivity index is 1.89. The van der Waals surface area contributed by atoms with E-state index in [0.29, 0.717) is 0 Å². The van der Waals surface area contributed by atoms with Gasteiger partial charge in [-0.25, -0.2) is 0 Å². The Kier molecular flexibility index (Phi) is 3.93. The molecular weight excluding hydrogens is 264 g/mol. The van der Waals surface area contributed by atoms with Gasteiger partial charge in [-0.3, -0.25) is 9.88 Å². The molecule has 1 atom stereocenters. The predicted molar refractivity (Wildman–Crippen MR) is 83.2 cm³/mol. The summed E-state index contributed by atoms with van der Waals surface area (Å²) in [6.07, 6.45) is 1.23. The van der Waals surface area contributed by atoms with Crippen LogP contribution in [0.4, 0.5) is 0 Å². The number of ether oxygens (including phenoxy) is 1. The molecule has 0 saturated carbocycles. The zero-order chi connectivity index (χ0) is 14.9. The van der Waals surface area contributed by atoms with Crippen molar-refractivity contribution in [3.05, 3.63) is 42.1 Å². The van der Waals surface area contributed by atoms with E-state index in [-0.39, 0.29) is 5.54 Å². The summed E-state index contributed by atoms with van der Waals surface area (Å²) in [6.45, 7) is 7.36. The first kappa shape index (κ1) is 14.4. The Bertz CT molecular complexity index is 621. The number of aromatic nitrogens is 1. The molecule has 1 fully saturated rings. The molecule has 112 valence electrons. The van der Waals surface area contributed by atoms with E-state index in [0.717, 1.165) is 42.8 Å². The minimum atomic E-state index is -0.554. The molecule has 4 heteroatoms. The van der Waals surface area contributed by atoms with Crippen LogP contribution in [0.15, 0.2) is 36.5 Å². The minimum absolute atomic E-state index is 0.327. The lowest BCUT2D eigenvalue weighted by atomic mass is 9.88. The number of hydrogen-bond donors (Lipinski definition) is 1. The van der Waals surface area contributed by atoms with Crippen LogP contribution in [0.1, 0.15) is 25.5 Å². The number of aliphatic hydroxyl groups excluding tert-OH is 1. The highest BCUT2D eigenvalue weighted by atomic mass is 16.5. The van der Waals surface area contributed by atoms with Crippen molar-refractivity contribution in [3.63, 3.8) is 0 Å². The topological polar surface area (TPSA) is 45.6 Å². The molecule has 1 aliphatic rings. The van der Waals surface area contributed by atoms with E-state index in [2.05, 4.69) is 23.7 Å². The lowest BCUT2D eigenvalue weighted by molar-refractivity contribution is -0.0630. The Hall–Kier alpha value is -1.49. The number of fused-ring (bicyclic) bond motifs is 1. The molecule has 1 aromatic carbocycles. The molecule has 1 saturated heterocycles. The van der Waals surface area contributed by atoms with Gasteiger partial charge < -0.3 is 9.84 Å². The van der Waals surface area contributed by atoms with Crippen molar-refractivity contribution in [1.82, 2.24) is 9.88 Å². The van der Waals surface area contributed by atoms with Crippen molar-refractivity contribution < 1.29 is 9.84 Å². The fraction of sp³-hybridized carbons (Fsp3) is 0.471. The van der Waals surface area contributed by atoms with Gasteiger partial charge in [0.1, 0.15) is 0 Å². The summed E-state index contributed by atoms with van der Waals surface area (Å²) in [4.78, 5) is 6.67. The zero-order valence-corrected chi connectivity index (χ0v) is 12.6. The number of nitrogens with zero attached hydrogens (tertiary/aromatic N) is 2. The highest BCUT2D eigenvalue weighted by molar-refractivity contribution is 5.79. The standard InChI is InChI=1S/C17H22N2O2/c1-17(2,19-8-10-21-11-9-19)16(20)14-6-5-13-4-3-7-18-15(13)12-14/h3-7,12,16,20H,8-11H2,1-2H3. The molecule has 0 bridgehead atoms. The van der Waals surface area contributed by atoms with Gasteiger partial charge in [-0.05, 0) is 31.5 Å². The average molecular weight is 286 g/mol.